The Morgan fingerprint density at radius 3 is 2.10 bits per heavy atom. The first kappa shape index (κ1) is 15.1. The van der Waals surface area contributed by atoms with Crippen LogP contribution >= 0.6 is 27.5 Å². The largest absolute Gasteiger partial charge is 0.496 e. The maximum Gasteiger partial charge on any atom is 0.193 e. The second-order valence-electron chi connectivity index (χ2n) is 4.63. The molecule has 0 aliphatic carbocycles. The van der Waals surface area contributed by atoms with Crippen LogP contribution in [-0.4, -0.2) is 12.9 Å². The van der Waals surface area contributed by atoms with Crippen molar-refractivity contribution >= 4 is 33.3 Å². The van der Waals surface area contributed by atoms with E-state index in [1.807, 2.05) is 26.0 Å². The Kier molecular flexibility index (Phi) is 4.51. The molecular weight excluding hydrogens is 340 g/mol. The molecular formula is C16H14BrClO2. The summed E-state index contributed by atoms with van der Waals surface area (Å²) in [4.78, 5) is 12.5. The van der Waals surface area contributed by atoms with Crippen LogP contribution in [0.1, 0.15) is 27.0 Å². The molecule has 0 unspecified atom stereocenters. The highest BCUT2D eigenvalue weighted by molar-refractivity contribution is 9.10. The fraction of sp³-hybridized carbons (Fsp3) is 0.188. The molecule has 4 heteroatoms. The number of carbonyl (C=O) groups excluding carboxylic acids is 1. The molecule has 2 rings (SSSR count). The maximum atomic E-state index is 12.5. The Morgan fingerprint density at radius 2 is 1.60 bits per heavy atom. The van der Waals surface area contributed by atoms with E-state index in [0.29, 0.717) is 16.1 Å². The summed E-state index contributed by atoms with van der Waals surface area (Å²) in [7, 11) is 1.63. The third-order valence-electron chi connectivity index (χ3n) is 3.05. The van der Waals surface area contributed by atoms with E-state index in [1.54, 1.807) is 25.3 Å². The minimum atomic E-state index is -0.0537. The van der Waals surface area contributed by atoms with Gasteiger partial charge in [-0.15, -0.1) is 0 Å². The molecule has 104 valence electrons. The van der Waals surface area contributed by atoms with Crippen molar-refractivity contribution in [2.45, 2.75) is 13.8 Å². The highest BCUT2D eigenvalue weighted by atomic mass is 79.9. The second kappa shape index (κ2) is 5.98. The van der Waals surface area contributed by atoms with Gasteiger partial charge in [0.25, 0.3) is 0 Å². The average molecular weight is 354 g/mol. The SMILES string of the molecule is COc1c(C)cc(C(=O)c2cc(Cl)cc(Br)c2)cc1C. The molecule has 0 aliphatic rings. The van der Waals surface area contributed by atoms with Crippen molar-refractivity contribution in [1.29, 1.82) is 0 Å². The molecule has 0 N–H and O–H groups in total. The molecule has 0 spiro atoms. The van der Waals surface area contributed by atoms with E-state index in [9.17, 15) is 4.79 Å². The zero-order valence-corrected chi connectivity index (χ0v) is 13.8. The second-order valence-corrected chi connectivity index (χ2v) is 5.98. The van der Waals surface area contributed by atoms with Gasteiger partial charge in [0.05, 0.1) is 7.11 Å². The number of hydrogen-bond acceptors (Lipinski definition) is 2. The number of hydrogen-bond donors (Lipinski definition) is 0. The highest BCUT2D eigenvalue weighted by Gasteiger charge is 2.14. The third kappa shape index (κ3) is 3.05. The van der Waals surface area contributed by atoms with Crippen LogP contribution in [-0.2, 0) is 0 Å². The van der Waals surface area contributed by atoms with Crippen molar-refractivity contribution in [1.82, 2.24) is 0 Å². The lowest BCUT2D eigenvalue weighted by Gasteiger charge is -2.11. The molecule has 2 aromatic rings. The molecule has 2 aromatic carbocycles. The predicted octanol–water partition coefficient (Wildman–Crippen LogP) is 4.96. The van der Waals surface area contributed by atoms with Crippen LogP contribution in [0.5, 0.6) is 5.75 Å². The van der Waals surface area contributed by atoms with Gasteiger partial charge in [-0.05, 0) is 55.3 Å². The molecule has 0 aliphatic heterocycles. The fourth-order valence-electron chi connectivity index (χ4n) is 2.25. The van der Waals surface area contributed by atoms with Gasteiger partial charge in [-0.2, -0.15) is 0 Å². The summed E-state index contributed by atoms with van der Waals surface area (Å²) in [6.07, 6.45) is 0. The number of methoxy groups -OCH3 is 1. The molecule has 0 radical (unpaired) electrons. The van der Waals surface area contributed by atoms with Gasteiger partial charge >= 0.3 is 0 Å². The van der Waals surface area contributed by atoms with Crippen LogP contribution in [0.3, 0.4) is 0 Å². The number of ether oxygens (including phenoxy) is 1. The summed E-state index contributed by atoms with van der Waals surface area (Å²) >= 11 is 9.34. The summed E-state index contributed by atoms with van der Waals surface area (Å²) in [5.41, 5.74) is 3.08. The predicted molar refractivity (Wildman–Crippen MR) is 85.1 cm³/mol. The smallest absolute Gasteiger partial charge is 0.193 e. The topological polar surface area (TPSA) is 26.3 Å². The van der Waals surface area contributed by atoms with Gasteiger partial charge < -0.3 is 4.74 Å². The molecule has 0 atom stereocenters. The zero-order chi connectivity index (χ0) is 14.9. The first-order chi connectivity index (χ1) is 9.42. The van der Waals surface area contributed by atoms with Crippen LogP contribution in [0.4, 0.5) is 0 Å². The number of halogens is 2. The summed E-state index contributed by atoms with van der Waals surface area (Å²) in [5, 5.41) is 0.532. The van der Waals surface area contributed by atoms with Gasteiger partial charge in [-0.1, -0.05) is 27.5 Å². The Balaban J connectivity index is 2.48. The number of benzene rings is 2. The van der Waals surface area contributed by atoms with E-state index in [2.05, 4.69) is 15.9 Å². The van der Waals surface area contributed by atoms with E-state index >= 15 is 0 Å². The minimum absolute atomic E-state index is 0.0537. The summed E-state index contributed by atoms with van der Waals surface area (Å²) in [6, 6.07) is 8.86. The average Bonchev–Trinajstić information content (AvgIpc) is 2.36. The van der Waals surface area contributed by atoms with E-state index < -0.39 is 0 Å². The zero-order valence-electron chi connectivity index (χ0n) is 11.5. The molecule has 0 heterocycles. The Morgan fingerprint density at radius 1 is 1.05 bits per heavy atom. The fourth-order valence-corrected chi connectivity index (χ4v) is 3.12. The summed E-state index contributed by atoms with van der Waals surface area (Å²) in [5.74, 6) is 0.760. The normalized spacial score (nSPS) is 10.4. The maximum absolute atomic E-state index is 12.5. The van der Waals surface area contributed by atoms with E-state index in [4.69, 9.17) is 16.3 Å². The standard InChI is InChI=1S/C16H14BrClO2/c1-9-4-11(5-10(2)16(9)20-3)15(19)12-6-13(17)8-14(18)7-12/h4-8H,1-3H3. The number of aryl methyl sites for hydroxylation is 2. The van der Waals surface area contributed by atoms with Crippen molar-refractivity contribution in [2.24, 2.45) is 0 Å². The molecule has 0 amide bonds. The Labute approximate surface area is 131 Å². The monoisotopic (exact) mass is 352 g/mol. The highest BCUT2D eigenvalue weighted by Crippen LogP contribution is 2.27. The summed E-state index contributed by atoms with van der Waals surface area (Å²) < 4.78 is 6.10. The lowest BCUT2D eigenvalue weighted by molar-refractivity contribution is 0.103. The van der Waals surface area contributed by atoms with Gasteiger partial charge in [-0.3, -0.25) is 4.79 Å². The van der Waals surface area contributed by atoms with Gasteiger partial charge in [-0.25, -0.2) is 0 Å². The van der Waals surface area contributed by atoms with Crippen LogP contribution in [0.25, 0.3) is 0 Å². The molecule has 20 heavy (non-hydrogen) atoms. The van der Waals surface area contributed by atoms with Crippen LogP contribution in [0, 0.1) is 13.8 Å². The number of carbonyl (C=O) groups is 1. The van der Waals surface area contributed by atoms with E-state index in [0.717, 1.165) is 21.3 Å². The quantitative estimate of drug-likeness (QED) is 0.729. The van der Waals surface area contributed by atoms with Crippen molar-refractivity contribution in [2.75, 3.05) is 7.11 Å². The minimum Gasteiger partial charge on any atom is -0.496 e. The van der Waals surface area contributed by atoms with Crippen molar-refractivity contribution in [3.8, 4) is 5.75 Å². The van der Waals surface area contributed by atoms with Crippen molar-refractivity contribution in [3.63, 3.8) is 0 Å². The van der Waals surface area contributed by atoms with Gasteiger partial charge in [0, 0.05) is 20.6 Å². The van der Waals surface area contributed by atoms with Crippen molar-refractivity contribution in [3.05, 3.63) is 62.1 Å². The lowest BCUT2D eigenvalue weighted by atomic mass is 9.98. The first-order valence-corrected chi connectivity index (χ1v) is 7.25. The Bertz CT molecular complexity index is 637. The molecule has 0 aromatic heterocycles. The van der Waals surface area contributed by atoms with Crippen LogP contribution in [0.2, 0.25) is 5.02 Å². The van der Waals surface area contributed by atoms with E-state index in [-0.39, 0.29) is 5.78 Å². The first-order valence-electron chi connectivity index (χ1n) is 6.08. The molecule has 0 saturated heterocycles. The van der Waals surface area contributed by atoms with Gasteiger partial charge in [0.2, 0.25) is 0 Å². The molecule has 0 saturated carbocycles. The molecule has 0 fully saturated rings. The van der Waals surface area contributed by atoms with E-state index in [1.165, 1.54) is 0 Å². The van der Waals surface area contributed by atoms with Gasteiger partial charge in [0.15, 0.2) is 5.78 Å². The molecule has 2 nitrogen and oxygen atoms in total. The van der Waals surface area contributed by atoms with Crippen LogP contribution in [0.15, 0.2) is 34.8 Å². The molecule has 0 bridgehead atoms. The number of ketones is 1. The van der Waals surface area contributed by atoms with Gasteiger partial charge in [0.1, 0.15) is 5.75 Å². The number of rotatable bonds is 3. The van der Waals surface area contributed by atoms with Crippen molar-refractivity contribution < 1.29 is 9.53 Å². The lowest BCUT2D eigenvalue weighted by Crippen LogP contribution is -2.03. The summed E-state index contributed by atoms with van der Waals surface area (Å²) in [6.45, 7) is 3.85. The van der Waals surface area contributed by atoms with Crippen LogP contribution < -0.4 is 4.74 Å². The third-order valence-corrected chi connectivity index (χ3v) is 3.73. The Hall–Kier alpha value is -1.32.